The normalized spacial score (nSPS) is 15.2. The van der Waals surface area contributed by atoms with Crippen molar-refractivity contribution in [1.29, 1.82) is 0 Å². The van der Waals surface area contributed by atoms with E-state index in [1.54, 1.807) is 0 Å². The molecule has 0 amide bonds. The maximum absolute atomic E-state index is 11.0. The van der Waals surface area contributed by atoms with Crippen LogP contribution in [0.3, 0.4) is 0 Å². The molecule has 0 saturated heterocycles. The molecule has 0 N–H and O–H groups in total. The van der Waals surface area contributed by atoms with Crippen LogP contribution in [0.25, 0.3) is 0 Å². The molecular formula is C13H28O2Si. The Hall–Kier alpha value is -0.153. The van der Waals surface area contributed by atoms with Crippen molar-refractivity contribution in [3.05, 3.63) is 0 Å². The maximum atomic E-state index is 11.0. The maximum Gasteiger partial charge on any atom is 0.171 e. The molecule has 0 saturated carbocycles. The highest BCUT2D eigenvalue weighted by atomic mass is 28.3. The first-order chi connectivity index (χ1) is 7.06. The number of carbonyl (C=O) groups is 1. The molecule has 96 valence electrons. The van der Waals surface area contributed by atoms with Gasteiger partial charge in [-0.3, -0.25) is 0 Å². The smallest absolute Gasteiger partial charge is 0.171 e. The van der Waals surface area contributed by atoms with Gasteiger partial charge in [0.15, 0.2) is 9.04 Å². The summed E-state index contributed by atoms with van der Waals surface area (Å²) < 4.78 is 5.72. The van der Waals surface area contributed by atoms with Crippen LogP contribution in [0.1, 0.15) is 47.5 Å². The summed E-state index contributed by atoms with van der Waals surface area (Å²) in [5.74, 6) is 0. The van der Waals surface area contributed by atoms with Crippen LogP contribution in [0.2, 0.25) is 13.1 Å². The number of carbonyl (C=O) groups excluding carboxylic acids is 1. The molecule has 1 unspecified atom stereocenters. The predicted molar refractivity (Wildman–Crippen MR) is 72.3 cm³/mol. The molecule has 0 radical (unpaired) electrons. The first-order valence-corrected chi connectivity index (χ1v) is 8.94. The molecule has 0 aliphatic rings. The van der Waals surface area contributed by atoms with Crippen molar-refractivity contribution >= 4 is 15.3 Å². The third-order valence-electron chi connectivity index (χ3n) is 2.36. The van der Waals surface area contributed by atoms with Crippen LogP contribution in [0.4, 0.5) is 0 Å². The third kappa shape index (κ3) is 8.05. The summed E-state index contributed by atoms with van der Waals surface area (Å²) in [4.78, 5) is 11.0. The molecule has 1 atom stereocenters. The van der Waals surface area contributed by atoms with E-state index >= 15 is 0 Å². The summed E-state index contributed by atoms with van der Waals surface area (Å²) in [5.41, 5.74) is 0.458. The fourth-order valence-corrected chi connectivity index (χ4v) is 3.39. The Bertz CT molecular complexity index is 216. The van der Waals surface area contributed by atoms with Gasteiger partial charge in [0.2, 0.25) is 0 Å². The van der Waals surface area contributed by atoms with Crippen molar-refractivity contribution in [2.75, 3.05) is 0 Å². The molecular weight excluding hydrogens is 216 g/mol. The first-order valence-electron chi connectivity index (χ1n) is 6.16. The minimum Gasteiger partial charge on any atom is -0.411 e. The fraction of sp³-hybridized carbons (Fsp3) is 0.923. The van der Waals surface area contributed by atoms with Gasteiger partial charge < -0.3 is 9.22 Å². The van der Waals surface area contributed by atoms with E-state index in [4.69, 9.17) is 4.43 Å². The van der Waals surface area contributed by atoms with Gasteiger partial charge in [-0.25, -0.2) is 0 Å². The Morgan fingerprint density at radius 3 is 2.00 bits per heavy atom. The second kappa shape index (κ2) is 5.96. The monoisotopic (exact) mass is 244 g/mol. The average Bonchev–Trinajstić information content (AvgIpc) is 1.96. The lowest BCUT2D eigenvalue weighted by atomic mass is 9.73. The lowest BCUT2D eigenvalue weighted by Gasteiger charge is -2.34. The lowest BCUT2D eigenvalue weighted by Crippen LogP contribution is -2.30. The predicted octanol–water partition coefficient (Wildman–Crippen LogP) is 3.41. The highest BCUT2D eigenvalue weighted by Crippen LogP contribution is 2.36. The van der Waals surface area contributed by atoms with E-state index in [0.717, 1.165) is 19.1 Å². The van der Waals surface area contributed by atoms with Crippen molar-refractivity contribution in [3.8, 4) is 0 Å². The summed E-state index contributed by atoms with van der Waals surface area (Å²) >= 11 is 0. The van der Waals surface area contributed by atoms with Crippen LogP contribution in [0, 0.1) is 10.8 Å². The summed E-state index contributed by atoms with van der Waals surface area (Å²) in [6.07, 6.45) is 2.70. The molecule has 2 nitrogen and oxygen atoms in total. The van der Waals surface area contributed by atoms with Gasteiger partial charge in [0.25, 0.3) is 0 Å². The molecule has 0 heterocycles. The second-order valence-electron chi connectivity index (χ2n) is 6.97. The van der Waals surface area contributed by atoms with Crippen LogP contribution in [0.15, 0.2) is 0 Å². The van der Waals surface area contributed by atoms with Gasteiger partial charge >= 0.3 is 0 Å². The lowest BCUT2D eigenvalue weighted by molar-refractivity contribution is -0.115. The molecule has 3 heteroatoms. The van der Waals surface area contributed by atoms with Crippen LogP contribution in [-0.2, 0) is 9.22 Å². The average molecular weight is 244 g/mol. The van der Waals surface area contributed by atoms with E-state index in [0.29, 0.717) is 5.41 Å². The molecule has 0 aliphatic heterocycles. The molecule has 16 heavy (non-hydrogen) atoms. The number of aldehydes is 1. The van der Waals surface area contributed by atoms with Gasteiger partial charge in [-0.2, -0.15) is 0 Å². The Morgan fingerprint density at radius 2 is 1.69 bits per heavy atom. The van der Waals surface area contributed by atoms with Gasteiger partial charge in [0.05, 0.1) is 0 Å². The van der Waals surface area contributed by atoms with Crippen LogP contribution in [0.5, 0.6) is 0 Å². The first kappa shape index (κ1) is 15.8. The van der Waals surface area contributed by atoms with Crippen LogP contribution < -0.4 is 0 Å². The SMILES string of the molecule is C[SiH](C)OC(C=O)CC(C)(C)CC(C)(C)C. The van der Waals surface area contributed by atoms with Gasteiger partial charge in [0, 0.05) is 0 Å². The zero-order valence-corrected chi connectivity index (χ0v) is 13.1. The highest BCUT2D eigenvalue weighted by molar-refractivity contribution is 6.48. The van der Waals surface area contributed by atoms with E-state index in [1.165, 1.54) is 0 Å². The van der Waals surface area contributed by atoms with Crippen LogP contribution >= 0.6 is 0 Å². The van der Waals surface area contributed by atoms with Crippen molar-refractivity contribution in [2.24, 2.45) is 10.8 Å². The summed E-state index contributed by atoms with van der Waals surface area (Å²) in [6, 6.07) is 0. The largest absolute Gasteiger partial charge is 0.411 e. The Balaban J connectivity index is 4.36. The van der Waals surface area contributed by atoms with Crippen molar-refractivity contribution in [3.63, 3.8) is 0 Å². The molecule has 0 aliphatic carbocycles. The van der Waals surface area contributed by atoms with E-state index in [9.17, 15) is 4.79 Å². The fourth-order valence-electron chi connectivity index (χ4n) is 2.53. The molecule has 0 aromatic heterocycles. The second-order valence-corrected chi connectivity index (χ2v) is 9.33. The Morgan fingerprint density at radius 1 is 1.19 bits per heavy atom. The summed E-state index contributed by atoms with van der Waals surface area (Å²) in [5, 5.41) is 0. The van der Waals surface area contributed by atoms with E-state index in [1.807, 2.05) is 0 Å². The molecule has 0 spiro atoms. The zero-order chi connectivity index (χ0) is 13.0. The highest BCUT2D eigenvalue weighted by Gasteiger charge is 2.29. The Kier molecular flexibility index (Phi) is 5.91. The van der Waals surface area contributed by atoms with Crippen molar-refractivity contribution in [2.45, 2.75) is 66.7 Å². The standard InChI is InChI=1S/C13H28O2Si/c1-12(2,3)10-13(4,5)8-11(9-14)15-16(6)7/h9,11,16H,8,10H2,1-7H3. The van der Waals surface area contributed by atoms with Gasteiger partial charge in [-0.15, -0.1) is 0 Å². The van der Waals surface area contributed by atoms with E-state index in [-0.39, 0.29) is 11.5 Å². The van der Waals surface area contributed by atoms with E-state index < -0.39 is 9.04 Å². The Labute approximate surface area is 102 Å². The van der Waals surface area contributed by atoms with Crippen LogP contribution in [-0.4, -0.2) is 21.4 Å². The van der Waals surface area contributed by atoms with Gasteiger partial charge in [-0.05, 0) is 36.8 Å². The topological polar surface area (TPSA) is 26.3 Å². The zero-order valence-electron chi connectivity index (χ0n) is 12.0. The summed E-state index contributed by atoms with van der Waals surface area (Å²) in [7, 11) is -1.12. The summed E-state index contributed by atoms with van der Waals surface area (Å²) in [6.45, 7) is 15.4. The number of hydrogen-bond acceptors (Lipinski definition) is 2. The van der Waals surface area contributed by atoms with Gasteiger partial charge in [-0.1, -0.05) is 34.6 Å². The van der Waals surface area contributed by atoms with Crippen molar-refractivity contribution < 1.29 is 9.22 Å². The molecule has 0 aromatic carbocycles. The minimum absolute atomic E-state index is 0.160. The molecule has 0 fully saturated rings. The van der Waals surface area contributed by atoms with Gasteiger partial charge in [0.1, 0.15) is 12.4 Å². The molecule has 0 rings (SSSR count). The minimum atomic E-state index is -1.12. The van der Waals surface area contributed by atoms with Crippen molar-refractivity contribution in [1.82, 2.24) is 0 Å². The molecule has 0 aromatic rings. The number of hydrogen-bond donors (Lipinski definition) is 0. The molecule has 0 bridgehead atoms. The third-order valence-corrected chi connectivity index (χ3v) is 3.26. The number of rotatable bonds is 6. The van der Waals surface area contributed by atoms with E-state index in [2.05, 4.69) is 47.7 Å². The quantitative estimate of drug-likeness (QED) is 0.529.